The van der Waals surface area contributed by atoms with E-state index >= 15 is 0 Å². The first kappa shape index (κ1) is 13.5. The van der Waals surface area contributed by atoms with E-state index in [1.165, 1.54) is 18.3 Å². The summed E-state index contributed by atoms with van der Waals surface area (Å²) in [7, 11) is 0. The van der Waals surface area contributed by atoms with Gasteiger partial charge in [-0.15, -0.1) is 0 Å². The number of piperazine rings is 1. The van der Waals surface area contributed by atoms with Crippen LogP contribution in [-0.2, 0) is 0 Å². The third-order valence-electron chi connectivity index (χ3n) is 3.57. The number of hydrogen-bond donors (Lipinski definition) is 1. The molecule has 1 saturated heterocycles. The molecule has 0 aromatic carbocycles. The molecule has 7 heteroatoms. The van der Waals surface area contributed by atoms with Crippen molar-refractivity contribution >= 4 is 17.5 Å². The van der Waals surface area contributed by atoms with E-state index in [1.54, 1.807) is 12.4 Å². The monoisotopic (exact) mass is 288 g/mol. The van der Waals surface area contributed by atoms with Crippen LogP contribution in [0.3, 0.4) is 0 Å². The zero-order valence-corrected chi connectivity index (χ0v) is 11.8. The van der Waals surface area contributed by atoms with E-state index in [4.69, 9.17) is 5.73 Å². The van der Waals surface area contributed by atoms with Crippen LogP contribution in [0.25, 0.3) is 0 Å². The second-order valence-electron chi connectivity index (χ2n) is 5.14. The molecule has 1 aliphatic heterocycles. The Balaban J connectivity index is 1.73. The Hall–Kier alpha value is -2.44. The Morgan fingerprint density at radius 1 is 1.24 bits per heavy atom. The van der Waals surface area contributed by atoms with E-state index < -0.39 is 0 Å². The average molecular weight is 288 g/mol. The molecule has 3 rings (SSSR count). The molecule has 1 aliphatic rings. The molecule has 3 heterocycles. The zero-order chi connectivity index (χ0) is 14.8. The lowest BCUT2D eigenvalue weighted by Crippen LogP contribution is -2.53. The van der Waals surface area contributed by atoms with Crippen molar-refractivity contribution in [3.05, 3.63) is 36.5 Å². The SMILES string of the molecule is C[C@H]1CN(c2cc(F)ccn2)CCN1c1ncc(N)cn1. The van der Waals surface area contributed by atoms with Gasteiger partial charge in [0.05, 0.1) is 18.1 Å². The largest absolute Gasteiger partial charge is 0.396 e. The highest BCUT2D eigenvalue weighted by molar-refractivity contribution is 5.44. The summed E-state index contributed by atoms with van der Waals surface area (Å²) >= 11 is 0. The van der Waals surface area contributed by atoms with Gasteiger partial charge in [0.1, 0.15) is 11.6 Å². The summed E-state index contributed by atoms with van der Waals surface area (Å²) in [5.74, 6) is 1.07. The number of hydrogen-bond acceptors (Lipinski definition) is 6. The molecule has 0 amide bonds. The van der Waals surface area contributed by atoms with Gasteiger partial charge in [0, 0.05) is 37.9 Å². The predicted molar refractivity (Wildman–Crippen MR) is 79.7 cm³/mol. The van der Waals surface area contributed by atoms with Gasteiger partial charge >= 0.3 is 0 Å². The quantitative estimate of drug-likeness (QED) is 0.898. The molecule has 1 atom stereocenters. The third kappa shape index (κ3) is 2.86. The Morgan fingerprint density at radius 3 is 2.67 bits per heavy atom. The Bertz CT molecular complexity index is 617. The van der Waals surface area contributed by atoms with Crippen LogP contribution in [0.4, 0.5) is 21.8 Å². The van der Waals surface area contributed by atoms with Gasteiger partial charge in [0.2, 0.25) is 5.95 Å². The summed E-state index contributed by atoms with van der Waals surface area (Å²) in [6.07, 6.45) is 4.70. The van der Waals surface area contributed by atoms with Gasteiger partial charge in [-0.05, 0) is 13.0 Å². The van der Waals surface area contributed by atoms with Crippen LogP contribution in [0.15, 0.2) is 30.7 Å². The van der Waals surface area contributed by atoms with Crippen molar-refractivity contribution < 1.29 is 4.39 Å². The van der Waals surface area contributed by atoms with E-state index in [0.29, 0.717) is 17.5 Å². The number of nitrogens with two attached hydrogens (primary N) is 1. The lowest BCUT2D eigenvalue weighted by molar-refractivity contribution is 0.535. The van der Waals surface area contributed by atoms with Crippen LogP contribution < -0.4 is 15.5 Å². The number of rotatable bonds is 2. The van der Waals surface area contributed by atoms with E-state index in [9.17, 15) is 4.39 Å². The van der Waals surface area contributed by atoms with Gasteiger partial charge in [-0.2, -0.15) is 0 Å². The van der Waals surface area contributed by atoms with Crippen LogP contribution in [0, 0.1) is 5.82 Å². The maximum Gasteiger partial charge on any atom is 0.225 e. The minimum atomic E-state index is -0.267. The molecular formula is C14H17FN6. The third-order valence-corrected chi connectivity index (χ3v) is 3.57. The number of anilines is 3. The fraction of sp³-hybridized carbons (Fsp3) is 0.357. The normalized spacial score (nSPS) is 18.9. The zero-order valence-electron chi connectivity index (χ0n) is 11.8. The number of pyridine rings is 1. The van der Waals surface area contributed by atoms with Crippen molar-refractivity contribution in [2.24, 2.45) is 0 Å². The fourth-order valence-electron chi connectivity index (χ4n) is 2.51. The lowest BCUT2D eigenvalue weighted by atomic mass is 10.2. The molecule has 0 radical (unpaired) electrons. The van der Waals surface area contributed by atoms with Crippen LogP contribution in [0.5, 0.6) is 0 Å². The molecule has 2 N–H and O–H groups in total. The van der Waals surface area contributed by atoms with E-state index in [1.807, 2.05) is 0 Å². The van der Waals surface area contributed by atoms with Crippen LogP contribution >= 0.6 is 0 Å². The Labute approximate surface area is 122 Å². The van der Waals surface area contributed by atoms with Crippen LogP contribution in [0.1, 0.15) is 6.92 Å². The second kappa shape index (κ2) is 5.51. The standard InChI is InChI=1S/C14H17FN6/c1-10-9-20(13-6-11(15)2-3-17-13)4-5-21(10)14-18-7-12(16)8-19-14/h2-3,6-8,10H,4-5,9,16H2,1H3/t10-/m0/s1. The average Bonchev–Trinajstić information content (AvgIpc) is 2.48. The minimum absolute atomic E-state index is 0.201. The molecule has 6 nitrogen and oxygen atoms in total. The summed E-state index contributed by atoms with van der Waals surface area (Å²) < 4.78 is 13.3. The Kier molecular flexibility index (Phi) is 3.55. The summed E-state index contributed by atoms with van der Waals surface area (Å²) in [5.41, 5.74) is 6.16. The molecule has 0 saturated carbocycles. The number of nitrogen functional groups attached to an aromatic ring is 1. The molecule has 0 unspecified atom stereocenters. The van der Waals surface area contributed by atoms with E-state index in [2.05, 4.69) is 31.7 Å². The van der Waals surface area contributed by atoms with Crippen molar-refractivity contribution in [3.8, 4) is 0 Å². The molecular weight excluding hydrogens is 271 g/mol. The molecule has 0 aliphatic carbocycles. The van der Waals surface area contributed by atoms with Crippen LogP contribution in [-0.4, -0.2) is 40.6 Å². The predicted octanol–water partition coefficient (Wildman–Crippen LogP) is 1.31. The van der Waals surface area contributed by atoms with Crippen LogP contribution in [0.2, 0.25) is 0 Å². The molecule has 2 aromatic heterocycles. The van der Waals surface area contributed by atoms with Gasteiger partial charge in [-0.25, -0.2) is 19.3 Å². The van der Waals surface area contributed by atoms with Gasteiger partial charge in [-0.1, -0.05) is 0 Å². The van der Waals surface area contributed by atoms with Crippen molar-refractivity contribution in [2.45, 2.75) is 13.0 Å². The Morgan fingerprint density at radius 2 is 2.00 bits per heavy atom. The van der Waals surface area contributed by atoms with Crippen molar-refractivity contribution in [3.63, 3.8) is 0 Å². The fourth-order valence-corrected chi connectivity index (χ4v) is 2.51. The summed E-state index contributed by atoms with van der Waals surface area (Å²) in [6, 6.07) is 3.01. The first-order valence-electron chi connectivity index (χ1n) is 6.84. The van der Waals surface area contributed by atoms with Crippen molar-refractivity contribution in [2.75, 3.05) is 35.2 Å². The molecule has 110 valence electrons. The van der Waals surface area contributed by atoms with E-state index in [0.717, 1.165) is 19.6 Å². The van der Waals surface area contributed by atoms with E-state index in [-0.39, 0.29) is 11.9 Å². The van der Waals surface area contributed by atoms with Gasteiger partial charge in [0.25, 0.3) is 0 Å². The van der Waals surface area contributed by atoms with Crippen molar-refractivity contribution in [1.29, 1.82) is 0 Å². The minimum Gasteiger partial charge on any atom is -0.396 e. The van der Waals surface area contributed by atoms with Crippen molar-refractivity contribution in [1.82, 2.24) is 15.0 Å². The number of aromatic nitrogens is 3. The smallest absolute Gasteiger partial charge is 0.225 e. The van der Waals surface area contributed by atoms with Gasteiger partial charge in [0.15, 0.2) is 0 Å². The highest BCUT2D eigenvalue weighted by Gasteiger charge is 2.26. The highest BCUT2D eigenvalue weighted by Crippen LogP contribution is 2.20. The molecule has 1 fully saturated rings. The first-order chi connectivity index (χ1) is 10.1. The lowest BCUT2D eigenvalue weighted by Gasteiger charge is -2.40. The first-order valence-corrected chi connectivity index (χ1v) is 6.84. The highest BCUT2D eigenvalue weighted by atomic mass is 19.1. The molecule has 0 bridgehead atoms. The molecule has 21 heavy (non-hydrogen) atoms. The topological polar surface area (TPSA) is 71.2 Å². The number of halogens is 1. The summed E-state index contributed by atoms with van der Waals surface area (Å²) in [4.78, 5) is 16.9. The maximum absolute atomic E-state index is 13.3. The van der Waals surface area contributed by atoms with Gasteiger partial charge in [-0.3, -0.25) is 0 Å². The second-order valence-corrected chi connectivity index (χ2v) is 5.14. The summed E-state index contributed by atoms with van der Waals surface area (Å²) in [5, 5.41) is 0. The molecule has 0 spiro atoms. The number of nitrogens with zero attached hydrogens (tertiary/aromatic N) is 5. The maximum atomic E-state index is 13.3. The van der Waals surface area contributed by atoms with Gasteiger partial charge < -0.3 is 15.5 Å². The summed E-state index contributed by atoms with van der Waals surface area (Å²) in [6.45, 7) is 4.33. The molecule has 2 aromatic rings.